The van der Waals surface area contributed by atoms with Crippen LogP contribution in [-0.4, -0.2) is 23.1 Å². The second-order valence-electron chi connectivity index (χ2n) is 4.87. The van der Waals surface area contributed by atoms with E-state index in [0.29, 0.717) is 11.1 Å². The number of esters is 1. The second-order valence-corrected chi connectivity index (χ2v) is 4.87. The van der Waals surface area contributed by atoms with Crippen LogP contribution < -0.4 is 5.73 Å². The summed E-state index contributed by atoms with van der Waals surface area (Å²) in [6.45, 7) is 0.166. The van der Waals surface area contributed by atoms with Crippen molar-refractivity contribution in [1.29, 1.82) is 0 Å². The lowest BCUT2D eigenvalue weighted by molar-refractivity contribution is -0.138. The van der Waals surface area contributed by atoms with Gasteiger partial charge in [-0.05, 0) is 23.6 Å². The first-order valence-electron chi connectivity index (χ1n) is 6.85. The van der Waals surface area contributed by atoms with E-state index in [4.69, 9.17) is 15.6 Å². The number of carbonyl (C=O) groups excluding carboxylic acids is 1. The number of benzene rings is 2. The highest BCUT2D eigenvalue weighted by atomic mass is 16.5. The van der Waals surface area contributed by atoms with Crippen LogP contribution in [0.3, 0.4) is 0 Å². The summed E-state index contributed by atoms with van der Waals surface area (Å²) in [7, 11) is 0. The maximum atomic E-state index is 12.2. The standard InChI is InChI=1S/C17H17NO4/c18-15(16(19)20)10-13-8-4-5-9-14(13)17(21)22-11-12-6-2-1-3-7-12/h1-9,15H,10-11,18H2,(H,19,20). The summed E-state index contributed by atoms with van der Waals surface area (Å²) < 4.78 is 5.27. The quantitative estimate of drug-likeness (QED) is 0.796. The first kappa shape index (κ1) is 15.7. The van der Waals surface area contributed by atoms with E-state index in [9.17, 15) is 9.59 Å². The molecule has 114 valence electrons. The maximum absolute atomic E-state index is 12.2. The number of hydrogen-bond acceptors (Lipinski definition) is 4. The molecule has 5 nitrogen and oxygen atoms in total. The Labute approximate surface area is 128 Å². The molecular formula is C17H17NO4. The van der Waals surface area contributed by atoms with Crippen molar-refractivity contribution in [2.75, 3.05) is 0 Å². The molecule has 0 saturated heterocycles. The highest BCUT2D eigenvalue weighted by Gasteiger charge is 2.18. The fraction of sp³-hybridized carbons (Fsp3) is 0.176. The fourth-order valence-electron chi connectivity index (χ4n) is 2.02. The van der Waals surface area contributed by atoms with Crippen molar-refractivity contribution in [3.8, 4) is 0 Å². The third kappa shape index (κ3) is 4.17. The number of carbonyl (C=O) groups is 2. The number of carboxylic acids is 1. The number of hydrogen-bond donors (Lipinski definition) is 2. The molecule has 22 heavy (non-hydrogen) atoms. The predicted molar refractivity (Wildman–Crippen MR) is 81.3 cm³/mol. The Morgan fingerprint density at radius 1 is 1.05 bits per heavy atom. The van der Waals surface area contributed by atoms with Crippen LogP contribution in [0.5, 0.6) is 0 Å². The SMILES string of the molecule is NC(Cc1ccccc1C(=O)OCc1ccccc1)C(=O)O. The van der Waals surface area contributed by atoms with Crippen LogP contribution in [0.4, 0.5) is 0 Å². The van der Waals surface area contributed by atoms with E-state index in [-0.39, 0.29) is 13.0 Å². The molecule has 1 unspecified atom stereocenters. The molecule has 1 atom stereocenters. The molecule has 0 aliphatic rings. The summed E-state index contributed by atoms with van der Waals surface area (Å²) in [6.07, 6.45) is 0.0753. The zero-order chi connectivity index (χ0) is 15.9. The highest BCUT2D eigenvalue weighted by Crippen LogP contribution is 2.13. The molecule has 2 rings (SSSR count). The average Bonchev–Trinajstić information content (AvgIpc) is 2.54. The maximum Gasteiger partial charge on any atom is 0.338 e. The molecule has 3 N–H and O–H groups in total. The van der Waals surface area contributed by atoms with E-state index in [0.717, 1.165) is 5.56 Å². The van der Waals surface area contributed by atoms with Crippen molar-refractivity contribution in [2.45, 2.75) is 19.1 Å². The van der Waals surface area contributed by atoms with E-state index in [1.54, 1.807) is 24.3 Å². The van der Waals surface area contributed by atoms with Gasteiger partial charge in [0, 0.05) is 0 Å². The zero-order valence-electron chi connectivity index (χ0n) is 11.9. The summed E-state index contributed by atoms with van der Waals surface area (Å²) in [5, 5.41) is 8.88. The summed E-state index contributed by atoms with van der Waals surface area (Å²) in [5.41, 5.74) is 7.32. The van der Waals surface area contributed by atoms with Crippen molar-refractivity contribution >= 4 is 11.9 Å². The van der Waals surface area contributed by atoms with Crippen molar-refractivity contribution in [1.82, 2.24) is 0 Å². The Morgan fingerprint density at radius 2 is 1.68 bits per heavy atom. The molecule has 0 heterocycles. The minimum atomic E-state index is -1.10. The molecule has 0 aliphatic heterocycles. The van der Waals surface area contributed by atoms with Gasteiger partial charge in [0.15, 0.2) is 0 Å². The molecular weight excluding hydrogens is 282 g/mol. The van der Waals surface area contributed by atoms with Gasteiger partial charge in [0.1, 0.15) is 12.6 Å². The third-order valence-corrected chi connectivity index (χ3v) is 3.21. The van der Waals surface area contributed by atoms with Gasteiger partial charge >= 0.3 is 11.9 Å². The fourth-order valence-corrected chi connectivity index (χ4v) is 2.02. The Morgan fingerprint density at radius 3 is 2.36 bits per heavy atom. The van der Waals surface area contributed by atoms with Crippen molar-refractivity contribution in [2.24, 2.45) is 5.73 Å². The number of ether oxygens (including phenoxy) is 1. The van der Waals surface area contributed by atoms with Gasteiger partial charge in [-0.1, -0.05) is 48.5 Å². The Hall–Kier alpha value is -2.66. The molecule has 0 amide bonds. The van der Waals surface area contributed by atoms with Crippen LogP contribution in [-0.2, 0) is 22.6 Å². The molecule has 0 radical (unpaired) electrons. The number of carboxylic acid groups (broad SMARTS) is 1. The van der Waals surface area contributed by atoms with Gasteiger partial charge in [-0.15, -0.1) is 0 Å². The molecule has 0 bridgehead atoms. The molecule has 5 heteroatoms. The third-order valence-electron chi connectivity index (χ3n) is 3.21. The van der Waals surface area contributed by atoms with Crippen LogP contribution in [0, 0.1) is 0 Å². The van der Waals surface area contributed by atoms with Gasteiger partial charge in [0.05, 0.1) is 5.56 Å². The van der Waals surface area contributed by atoms with E-state index in [1.807, 2.05) is 30.3 Å². The largest absolute Gasteiger partial charge is 0.480 e. The number of nitrogens with two attached hydrogens (primary N) is 1. The highest BCUT2D eigenvalue weighted by molar-refractivity contribution is 5.91. The van der Waals surface area contributed by atoms with Crippen molar-refractivity contribution < 1.29 is 19.4 Å². The van der Waals surface area contributed by atoms with Gasteiger partial charge in [-0.25, -0.2) is 4.79 Å². The number of rotatable bonds is 6. The van der Waals surface area contributed by atoms with Gasteiger partial charge in [-0.2, -0.15) is 0 Å². The summed E-state index contributed by atoms with van der Waals surface area (Å²) >= 11 is 0. The number of aliphatic carboxylic acids is 1. The monoisotopic (exact) mass is 299 g/mol. The van der Waals surface area contributed by atoms with E-state index < -0.39 is 18.0 Å². The average molecular weight is 299 g/mol. The van der Waals surface area contributed by atoms with Crippen LogP contribution >= 0.6 is 0 Å². The van der Waals surface area contributed by atoms with Crippen LogP contribution in [0.25, 0.3) is 0 Å². The smallest absolute Gasteiger partial charge is 0.338 e. The van der Waals surface area contributed by atoms with Gasteiger partial charge in [0.2, 0.25) is 0 Å². The van der Waals surface area contributed by atoms with Crippen molar-refractivity contribution in [3.05, 3.63) is 71.3 Å². The Kier molecular flexibility index (Phi) is 5.27. The molecule has 2 aromatic carbocycles. The molecule has 0 fully saturated rings. The minimum absolute atomic E-state index is 0.0753. The lowest BCUT2D eigenvalue weighted by Gasteiger charge is -2.11. The second kappa shape index (κ2) is 7.38. The first-order chi connectivity index (χ1) is 10.6. The normalized spacial score (nSPS) is 11.7. The molecule has 0 spiro atoms. The topological polar surface area (TPSA) is 89.6 Å². The Balaban J connectivity index is 2.07. The van der Waals surface area contributed by atoms with Crippen LogP contribution in [0.2, 0.25) is 0 Å². The predicted octanol–water partition coefficient (Wildman–Crippen LogP) is 2.00. The molecule has 2 aromatic rings. The van der Waals surface area contributed by atoms with Gasteiger partial charge < -0.3 is 15.6 Å². The van der Waals surface area contributed by atoms with Gasteiger partial charge in [0.25, 0.3) is 0 Å². The Bertz CT molecular complexity index is 655. The van der Waals surface area contributed by atoms with Crippen molar-refractivity contribution in [3.63, 3.8) is 0 Å². The van der Waals surface area contributed by atoms with E-state index in [1.165, 1.54) is 0 Å². The van der Waals surface area contributed by atoms with E-state index in [2.05, 4.69) is 0 Å². The first-order valence-corrected chi connectivity index (χ1v) is 6.85. The van der Waals surface area contributed by atoms with Crippen LogP contribution in [0.15, 0.2) is 54.6 Å². The van der Waals surface area contributed by atoms with Gasteiger partial charge in [-0.3, -0.25) is 4.79 Å². The molecule has 0 saturated carbocycles. The molecule has 0 aliphatic carbocycles. The summed E-state index contributed by atoms with van der Waals surface area (Å²) in [5.74, 6) is -1.59. The summed E-state index contributed by atoms with van der Waals surface area (Å²) in [4.78, 5) is 23.0. The van der Waals surface area contributed by atoms with E-state index >= 15 is 0 Å². The molecule has 0 aromatic heterocycles. The van der Waals surface area contributed by atoms with Crippen LogP contribution in [0.1, 0.15) is 21.5 Å². The zero-order valence-corrected chi connectivity index (χ0v) is 11.9. The lowest BCUT2D eigenvalue weighted by atomic mass is 10.0. The minimum Gasteiger partial charge on any atom is -0.480 e. The lowest BCUT2D eigenvalue weighted by Crippen LogP contribution is -2.32. The summed E-state index contributed by atoms with van der Waals surface area (Å²) in [6, 6.07) is 15.0.